The molecule has 2 heterocycles. The van der Waals surface area contributed by atoms with Crippen LogP contribution >= 0.6 is 39.9 Å². The molecular formula is C21H28BrN3O3S2. The Morgan fingerprint density at radius 3 is 2.70 bits per heavy atom. The van der Waals surface area contributed by atoms with Crippen LogP contribution in [-0.4, -0.2) is 57.8 Å². The van der Waals surface area contributed by atoms with Crippen LogP contribution in [-0.2, 0) is 4.74 Å². The number of nitrogens with one attached hydrogen (secondary N) is 2. The lowest BCUT2D eigenvalue weighted by Gasteiger charge is -2.54. The minimum atomic E-state index is -0.685. The van der Waals surface area contributed by atoms with Crippen molar-refractivity contribution in [1.82, 2.24) is 15.5 Å². The second kappa shape index (κ2) is 9.56. The molecule has 30 heavy (non-hydrogen) atoms. The number of thiocarbonyl (C=S) groups is 1. The maximum atomic E-state index is 12.6. The fourth-order valence-corrected chi connectivity index (χ4v) is 6.21. The summed E-state index contributed by atoms with van der Waals surface area (Å²) in [6.45, 7) is 4.52. The lowest BCUT2D eigenvalue weighted by atomic mass is 9.74. The topological polar surface area (TPSA) is 73.8 Å². The largest absolute Gasteiger partial charge is 0.396 e. The molecule has 164 valence electrons. The molecule has 0 aliphatic carbocycles. The molecule has 9 heteroatoms. The number of aliphatic hydroxyl groups is 1. The number of benzene rings is 1. The zero-order chi connectivity index (χ0) is 21.9. The summed E-state index contributed by atoms with van der Waals surface area (Å²) in [4.78, 5) is 14.7. The molecule has 0 radical (unpaired) electrons. The molecule has 0 spiro atoms. The first-order valence-corrected chi connectivity index (χ1v) is 12.1. The number of nitrogens with zero attached hydrogens (tertiary/aromatic N) is 1. The Balaban J connectivity index is 1.85. The van der Waals surface area contributed by atoms with Crippen LogP contribution in [0.4, 0.5) is 0 Å². The van der Waals surface area contributed by atoms with Crippen LogP contribution in [0, 0.1) is 5.92 Å². The smallest absolute Gasteiger partial charge is 0.257 e. The lowest BCUT2D eigenvalue weighted by Crippen LogP contribution is -2.71. The minimum Gasteiger partial charge on any atom is -0.396 e. The number of halogens is 1. The van der Waals surface area contributed by atoms with Gasteiger partial charge in [0.2, 0.25) is 0 Å². The van der Waals surface area contributed by atoms with Crippen LogP contribution < -0.4 is 10.6 Å². The zero-order valence-corrected chi connectivity index (χ0v) is 20.6. The number of hydrogen-bond donors (Lipinski definition) is 3. The van der Waals surface area contributed by atoms with E-state index in [1.807, 2.05) is 30.7 Å². The maximum Gasteiger partial charge on any atom is 0.257 e. The van der Waals surface area contributed by atoms with E-state index in [0.717, 1.165) is 11.0 Å². The van der Waals surface area contributed by atoms with Crippen molar-refractivity contribution in [3.8, 4) is 0 Å². The molecule has 1 aromatic carbocycles. The number of hydrogen-bond acceptors (Lipinski definition) is 6. The van der Waals surface area contributed by atoms with Crippen LogP contribution in [0.5, 0.6) is 0 Å². The molecule has 0 bridgehead atoms. The van der Waals surface area contributed by atoms with E-state index >= 15 is 0 Å². The highest BCUT2D eigenvalue weighted by molar-refractivity contribution is 9.11. The lowest BCUT2D eigenvalue weighted by molar-refractivity contribution is -0.143. The summed E-state index contributed by atoms with van der Waals surface area (Å²) in [6.07, 6.45) is 1.54. The Labute approximate surface area is 195 Å². The Morgan fingerprint density at radius 2 is 2.13 bits per heavy atom. The summed E-state index contributed by atoms with van der Waals surface area (Å²) in [7, 11) is 1.99. The first-order valence-electron chi connectivity index (χ1n) is 9.92. The van der Waals surface area contributed by atoms with Gasteiger partial charge in [-0.15, -0.1) is 11.8 Å². The van der Waals surface area contributed by atoms with Crippen molar-refractivity contribution in [1.29, 1.82) is 0 Å². The Hall–Kier alpha value is -1.13. The van der Waals surface area contributed by atoms with Crippen molar-refractivity contribution < 1.29 is 14.6 Å². The molecule has 2 unspecified atom stereocenters. The molecule has 1 amide bonds. The van der Waals surface area contributed by atoms with E-state index in [0.29, 0.717) is 18.6 Å². The van der Waals surface area contributed by atoms with Crippen molar-refractivity contribution in [2.75, 3.05) is 20.3 Å². The van der Waals surface area contributed by atoms with E-state index in [-0.39, 0.29) is 34.5 Å². The minimum absolute atomic E-state index is 0.0102. The summed E-state index contributed by atoms with van der Waals surface area (Å²) in [5.74, 6) is -0.389. The Morgan fingerprint density at radius 1 is 1.43 bits per heavy atom. The van der Waals surface area contributed by atoms with Crippen molar-refractivity contribution in [3.63, 3.8) is 0 Å². The van der Waals surface area contributed by atoms with Gasteiger partial charge in [0.25, 0.3) is 5.91 Å². The van der Waals surface area contributed by atoms with Gasteiger partial charge in [-0.3, -0.25) is 10.1 Å². The number of carbonyl (C=O) groups excluding carboxylic acids is 1. The number of ether oxygens (including phenoxy) is 1. The maximum absolute atomic E-state index is 12.6. The van der Waals surface area contributed by atoms with Gasteiger partial charge in [0.05, 0.1) is 22.4 Å². The summed E-state index contributed by atoms with van der Waals surface area (Å²) >= 11 is 10.8. The third-order valence-electron chi connectivity index (χ3n) is 6.07. The number of likely N-dealkylation sites (N-methyl/N-ethyl adjacent to an activating group) is 1. The van der Waals surface area contributed by atoms with Crippen LogP contribution in [0.25, 0.3) is 0 Å². The van der Waals surface area contributed by atoms with E-state index in [1.54, 1.807) is 23.9 Å². The van der Waals surface area contributed by atoms with E-state index in [2.05, 4.69) is 45.3 Å². The zero-order valence-electron chi connectivity index (χ0n) is 17.4. The van der Waals surface area contributed by atoms with Crippen LogP contribution in [0.2, 0.25) is 0 Å². The normalized spacial score (nSPS) is 31.2. The average molecular weight is 515 g/mol. The van der Waals surface area contributed by atoms with Gasteiger partial charge in [-0.2, -0.15) is 0 Å². The summed E-state index contributed by atoms with van der Waals surface area (Å²) in [5.41, 5.74) is -0.458. The second-order valence-corrected chi connectivity index (χ2v) is 10.2. The molecule has 4 atom stereocenters. The Bertz CT molecular complexity index is 825. The van der Waals surface area contributed by atoms with Crippen molar-refractivity contribution in [2.45, 2.75) is 43.2 Å². The Kier molecular flexibility index (Phi) is 7.50. The SMILES string of the molecule is CCC1(C)C[C@@H](CO)[C@](NC(=S)NC(=O)c2ccccc2)(C2SC=C(Br)N2C)CO1. The summed E-state index contributed by atoms with van der Waals surface area (Å²) in [5, 5.41) is 18.7. The third-order valence-corrected chi connectivity index (χ3v) is 8.72. The fraction of sp³-hybridized carbons (Fsp3) is 0.524. The molecule has 3 rings (SSSR count). The number of aliphatic hydroxyl groups excluding tert-OH is 1. The molecule has 6 nitrogen and oxygen atoms in total. The predicted octanol–water partition coefficient (Wildman–Crippen LogP) is 3.43. The highest BCUT2D eigenvalue weighted by Gasteiger charge is 2.55. The molecule has 2 aliphatic heterocycles. The van der Waals surface area contributed by atoms with Gasteiger partial charge in [0, 0.05) is 30.5 Å². The fourth-order valence-electron chi connectivity index (χ4n) is 4.00. The van der Waals surface area contributed by atoms with E-state index in [4.69, 9.17) is 17.0 Å². The quantitative estimate of drug-likeness (QED) is 0.411. The number of rotatable bonds is 5. The molecule has 2 aliphatic rings. The van der Waals surface area contributed by atoms with Crippen LogP contribution in [0.3, 0.4) is 0 Å². The van der Waals surface area contributed by atoms with Crippen LogP contribution in [0.15, 0.2) is 40.3 Å². The van der Waals surface area contributed by atoms with Gasteiger partial charge in [-0.1, -0.05) is 25.1 Å². The molecule has 1 fully saturated rings. The van der Waals surface area contributed by atoms with Gasteiger partial charge in [0.1, 0.15) is 5.37 Å². The molecular weight excluding hydrogens is 486 g/mol. The second-order valence-electron chi connectivity index (χ2n) is 8.03. The van der Waals surface area contributed by atoms with Gasteiger partial charge in [0.15, 0.2) is 5.11 Å². The highest BCUT2D eigenvalue weighted by Crippen LogP contribution is 2.47. The van der Waals surface area contributed by atoms with Gasteiger partial charge in [-0.05, 0) is 60.0 Å². The predicted molar refractivity (Wildman–Crippen MR) is 128 cm³/mol. The summed E-state index contributed by atoms with van der Waals surface area (Å²) in [6, 6.07) is 8.95. The van der Waals surface area contributed by atoms with E-state index < -0.39 is 5.54 Å². The van der Waals surface area contributed by atoms with Crippen molar-refractivity contribution in [2.24, 2.45) is 5.92 Å². The monoisotopic (exact) mass is 513 g/mol. The van der Waals surface area contributed by atoms with Gasteiger partial charge < -0.3 is 20.1 Å². The van der Waals surface area contributed by atoms with Crippen LogP contribution in [0.1, 0.15) is 37.0 Å². The average Bonchev–Trinajstić information content (AvgIpc) is 3.09. The van der Waals surface area contributed by atoms with Crippen molar-refractivity contribution in [3.05, 3.63) is 45.9 Å². The van der Waals surface area contributed by atoms with Crippen molar-refractivity contribution >= 4 is 50.9 Å². The van der Waals surface area contributed by atoms with E-state index in [9.17, 15) is 9.90 Å². The molecule has 1 aromatic rings. The molecule has 0 aromatic heterocycles. The molecule has 0 saturated carbocycles. The number of thioether (sulfide) groups is 1. The first kappa shape index (κ1) is 23.5. The summed E-state index contributed by atoms with van der Waals surface area (Å²) < 4.78 is 7.28. The standard InChI is InChI=1S/C21H28BrN3O3S2/c1-4-20(2)10-15(11-26)21(13-28-20,18-25(3)16(22)12-30-18)24-19(29)23-17(27)14-8-6-5-7-9-14/h5-9,12,15,18,26H,4,10-11,13H2,1-3H3,(H2,23,24,27,29)/t15-,18?,20?,21-/m0/s1. The molecule has 1 saturated heterocycles. The number of amides is 1. The molecule has 3 N–H and O–H groups in total. The van der Waals surface area contributed by atoms with Gasteiger partial charge >= 0.3 is 0 Å². The first-order chi connectivity index (χ1) is 14.2. The van der Waals surface area contributed by atoms with Gasteiger partial charge in [-0.25, -0.2) is 0 Å². The van der Waals surface area contributed by atoms with E-state index in [1.165, 1.54) is 0 Å². The number of carbonyl (C=O) groups is 1. The highest BCUT2D eigenvalue weighted by atomic mass is 79.9. The third kappa shape index (κ3) is 4.70.